The molecule has 156 valence electrons. The van der Waals surface area contributed by atoms with Crippen molar-refractivity contribution in [1.82, 2.24) is 9.80 Å². The maximum absolute atomic E-state index is 13.5. The molecule has 0 N–H and O–H groups in total. The SMILES string of the molecule is CN(C)C(=O)CN1C(=O)C2(CCN(C(=O)Cc3ccccc3)CC2)c2ccccc21. The number of likely N-dealkylation sites (tertiary alicyclic amines) is 1. The van der Waals surface area contributed by atoms with Crippen LogP contribution in [0, 0.1) is 0 Å². The molecule has 6 heteroatoms. The molecule has 0 saturated carbocycles. The van der Waals surface area contributed by atoms with Gasteiger partial charge in [-0.1, -0.05) is 48.5 Å². The predicted molar refractivity (Wildman–Crippen MR) is 115 cm³/mol. The summed E-state index contributed by atoms with van der Waals surface area (Å²) in [6.07, 6.45) is 1.54. The molecule has 2 aromatic rings. The number of fused-ring (bicyclic) bond motifs is 2. The van der Waals surface area contributed by atoms with Gasteiger partial charge in [-0.2, -0.15) is 0 Å². The third kappa shape index (κ3) is 3.47. The van der Waals surface area contributed by atoms with E-state index in [1.807, 2.05) is 59.5 Å². The van der Waals surface area contributed by atoms with Gasteiger partial charge in [0, 0.05) is 32.9 Å². The lowest BCUT2D eigenvalue weighted by atomic mass is 9.73. The van der Waals surface area contributed by atoms with Crippen LogP contribution in [0.5, 0.6) is 0 Å². The number of piperidine rings is 1. The Morgan fingerprint density at radius 2 is 1.60 bits per heavy atom. The molecule has 0 aliphatic carbocycles. The first-order valence-electron chi connectivity index (χ1n) is 10.4. The zero-order valence-corrected chi connectivity index (χ0v) is 17.5. The van der Waals surface area contributed by atoms with Crippen molar-refractivity contribution in [3.63, 3.8) is 0 Å². The highest BCUT2D eigenvalue weighted by atomic mass is 16.2. The van der Waals surface area contributed by atoms with Gasteiger partial charge in [0.1, 0.15) is 6.54 Å². The van der Waals surface area contributed by atoms with Crippen molar-refractivity contribution in [2.45, 2.75) is 24.7 Å². The van der Waals surface area contributed by atoms with Crippen molar-refractivity contribution >= 4 is 23.4 Å². The molecule has 1 saturated heterocycles. The molecule has 2 aliphatic heterocycles. The fraction of sp³-hybridized carbons (Fsp3) is 0.375. The van der Waals surface area contributed by atoms with E-state index in [-0.39, 0.29) is 24.3 Å². The Morgan fingerprint density at radius 1 is 0.967 bits per heavy atom. The Hall–Kier alpha value is -3.15. The van der Waals surface area contributed by atoms with Gasteiger partial charge in [0.05, 0.1) is 11.8 Å². The van der Waals surface area contributed by atoms with Gasteiger partial charge in [0.15, 0.2) is 0 Å². The van der Waals surface area contributed by atoms with Crippen LogP contribution in [-0.4, -0.2) is 61.3 Å². The lowest BCUT2D eigenvalue weighted by Gasteiger charge is -2.38. The smallest absolute Gasteiger partial charge is 0.242 e. The summed E-state index contributed by atoms with van der Waals surface area (Å²) in [5, 5.41) is 0. The van der Waals surface area contributed by atoms with E-state index in [1.54, 1.807) is 19.0 Å². The summed E-state index contributed by atoms with van der Waals surface area (Å²) in [4.78, 5) is 43.6. The molecule has 3 amide bonds. The largest absolute Gasteiger partial charge is 0.347 e. The van der Waals surface area contributed by atoms with Gasteiger partial charge in [-0.25, -0.2) is 0 Å². The van der Waals surface area contributed by atoms with E-state index < -0.39 is 5.41 Å². The number of benzene rings is 2. The lowest BCUT2D eigenvalue weighted by molar-refractivity contribution is -0.135. The van der Waals surface area contributed by atoms with Crippen LogP contribution in [0.4, 0.5) is 5.69 Å². The average Bonchev–Trinajstić information content (AvgIpc) is 2.98. The zero-order chi connectivity index (χ0) is 21.3. The monoisotopic (exact) mass is 405 g/mol. The first-order chi connectivity index (χ1) is 14.4. The quantitative estimate of drug-likeness (QED) is 0.784. The maximum atomic E-state index is 13.5. The highest BCUT2D eigenvalue weighted by Crippen LogP contribution is 2.47. The number of para-hydroxylation sites is 1. The van der Waals surface area contributed by atoms with Crippen LogP contribution in [0.1, 0.15) is 24.0 Å². The molecule has 0 bridgehead atoms. The minimum absolute atomic E-state index is 0.0194. The molecule has 0 atom stereocenters. The second kappa shape index (κ2) is 7.94. The van der Waals surface area contributed by atoms with E-state index in [0.29, 0.717) is 32.4 Å². The minimum atomic E-state index is -0.646. The second-order valence-corrected chi connectivity index (χ2v) is 8.32. The molecule has 1 spiro atoms. The molecule has 2 aromatic carbocycles. The molecule has 30 heavy (non-hydrogen) atoms. The molecular formula is C24H27N3O3. The normalized spacial score (nSPS) is 17.2. The highest BCUT2D eigenvalue weighted by Gasteiger charge is 2.52. The van der Waals surface area contributed by atoms with Gasteiger partial charge in [0.2, 0.25) is 17.7 Å². The topological polar surface area (TPSA) is 60.9 Å². The molecular weight excluding hydrogens is 378 g/mol. The average molecular weight is 405 g/mol. The Kier molecular flexibility index (Phi) is 5.33. The van der Waals surface area contributed by atoms with Crippen molar-refractivity contribution in [1.29, 1.82) is 0 Å². The van der Waals surface area contributed by atoms with E-state index in [1.165, 1.54) is 4.90 Å². The summed E-state index contributed by atoms with van der Waals surface area (Å²) < 4.78 is 0. The maximum Gasteiger partial charge on any atom is 0.242 e. The van der Waals surface area contributed by atoms with Gasteiger partial charge in [-0.3, -0.25) is 14.4 Å². The third-order valence-electron chi connectivity index (χ3n) is 6.33. The van der Waals surface area contributed by atoms with Crippen molar-refractivity contribution in [3.05, 3.63) is 65.7 Å². The molecule has 6 nitrogen and oxygen atoms in total. The predicted octanol–water partition coefficient (Wildman–Crippen LogP) is 2.22. The molecule has 0 radical (unpaired) electrons. The minimum Gasteiger partial charge on any atom is -0.347 e. The van der Waals surface area contributed by atoms with Gasteiger partial charge in [-0.05, 0) is 30.0 Å². The summed E-state index contributed by atoms with van der Waals surface area (Å²) in [6.45, 7) is 1.13. The number of likely N-dealkylation sites (N-methyl/N-ethyl adjacent to an activating group) is 1. The Morgan fingerprint density at radius 3 is 2.27 bits per heavy atom. The number of hydrogen-bond acceptors (Lipinski definition) is 3. The van der Waals surface area contributed by atoms with Crippen LogP contribution >= 0.6 is 0 Å². The second-order valence-electron chi connectivity index (χ2n) is 8.32. The Balaban J connectivity index is 1.52. The molecule has 4 rings (SSSR count). The summed E-state index contributed by atoms with van der Waals surface area (Å²) >= 11 is 0. The van der Waals surface area contributed by atoms with Crippen LogP contribution < -0.4 is 4.90 Å². The summed E-state index contributed by atoms with van der Waals surface area (Å²) in [5.41, 5.74) is 2.16. The van der Waals surface area contributed by atoms with Crippen LogP contribution in [0.15, 0.2) is 54.6 Å². The lowest BCUT2D eigenvalue weighted by Crippen LogP contribution is -2.51. The number of nitrogens with zero attached hydrogens (tertiary/aromatic N) is 3. The van der Waals surface area contributed by atoms with Gasteiger partial charge in [0.25, 0.3) is 0 Å². The van der Waals surface area contributed by atoms with Crippen molar-refractivity contribution in [3.8, 4) is 0 Å². The fourth-order valence-electron chi connectivity index (χ4n) is 4.53. The standard InChI is InChI=1S/C24H27N3O3/c1-25(2)22(29)17-27-20-11-7-6-10-19(20)24(23(27)30)12-14-26(15-13-24)21(28)16-18-8-4-3-5-9-18/h3-11H,12-17H2,1-2H3. The molecule has 2 heterocycles. The number of hydrogen-bond donors (Lipinski definition) is 0. The van der Waals surface area contributed by atoms with Crippen LogP contribution in [0.2, 0.25) is 0 Å². The molecule has 1 fully saturated rings. The van der Waals surface area contributed by atoms with Gasteiger partial charge in [-0.15, -0.1) is 0 Å². The number of rotatable bonds is 4. The molecule has 0 unspecified atom stereocenters. The van der Waals surface area contributed by atoms with Gasteiger partial charge >= 0.3 is 0 Å². The molecule has 0 aromatic heterocycles. The molecule has 2 aliphatic rings. The Labute approximate surface area is 177 Å². The van der Waals surface area contributed by atoms with Crippen molar-refractivity contribution < 1.29 is 14.4 Å². The number of carbonyl (C=O) groups is 3. The third-order valence-corrected chi connectivity index (χ3v) is 6.33. The summed E-state index contributed by atoms with van der Waals surface area (Å²) in [6, 6.07) is 17.5. The number of carbonyl (C=O) groups excluding carboxylic acids is 3. The number of amides is 3. The van der Waals surface area contributed by atoms with Gasteiger partial charge < -0.3 is 14.7 Å². The van der Waals surface area contributed by atoms with Crippen LogP contribution in [0.3, 0.4) is 0 Å². The first-order valence-corrected chi connectivity index (χ1v) is 10.4. The van der Waals surface area contributed by atoms with E-state index in [9.17, 15) is 14.4 Å². The van der Waals surface area contributed by atoms with E-state index >= 15 is 0 Å². The van der Waals surface area contributed by atoms with E-state index in [4.69, 9.17) is 0 Å². The fourth-order valence-corrected chi connectivity index (χ4v) is 4.53. The summed E-state index contributed by atoms with van der Waals surface area (Å²) in [7, 11) is 3.39. The van der Waals surface area contributed by atoms with Crippen molar-refractivity contribution in [2.75, 3.05) is 38.6 Å². The van der Waals surface area contributed by atoms with Crippen LogP contribution in [-0.2, 0) is 26.2 Å². The van der Waals surface area contributed by atoms with E-state index in [2.05, 4.69) is 0 Å². The summed E-state index contributed by atoms with van der Waals surface area (Å²) in [5.74, 6) is -0.0332. The first kappa shape index (κ1) is 20.1. The van der Waals surface area contributed by atoms with E-state index in [0.717, 1.165) is 16.8 Å². The highest BCUT2D eigenvalue weighted by molar-refractivity contribution is 6.10. The van der Waals surface area contributed by atoms with Crippen LogP contribution in [0.25, 0.3) is 0 Å². The Bertz CT molecular complexity index is 963. The number of anilines is 1. The zero-order valence-electron chi connectivity index (χ0n) is 17.5. The van der Waals surface area contributed by atoms with Crippen molar-refractivity contribution in [2.24, 2.45) is 0 Å².